The lowest BCUT2D eigenvalue weighted by atomic mass is 10.3. The molecule has 0 unspecified atom stereocenters. The number of nitrogens with zero attached hydrogens (tertiary/aromatic N) is 1. The zero-order valence-corrected chi connectivity index (χ0v) is 12.8. The molecule has 1 aliphatic rings. The van der Waals surface area contributed by atoms with E-state index in [1.54, 1.807) is 0 Å². The van der Waals surface area contributed by atoms with Crippen molar-refractivity contribution < 1.29 is 14.7 Å². The van der Waals surface area contributed by atoms with E-state index >= 15 is 0 Å². The molecule has 2 amide bonds. The van der Waals surface area contributed by atoms with Gasteiger partial charge in [-0.15, -0.1) is 0 Å². The molecule has 22 heavy (non-hydrogen) atoms. The lowest BCUT2D eigenvalue weighted by molar-refractivity contribution is -0.136. The van der Waals surface area contributed by atoms with Gasteiger partial charge in [0.1, 0.15) is 5.75 Å². The third kappa shape index (κ3) is 4.87. The van der Waals surface area contributed by atoms with Gasteiger partial charge in [-0.1, -0.05) is 11.6 Å². The Balaban J connectivity index is 1.76. The SMILES string of the molecule is O=C(NCCN1CCNCC1)C(=O)Nc1cc(Cl)ccc1O. The summed E-state index contributed by atoms with van der Waals surface area (Å²) in [6.45, 7) is 4.82. The fraction of sp³-hybridized carbons (Fsp3) is 0.429. The largest absolute Gasteiger partial charge is 0.506 e. The monoisotopic (exact) mass is 326 g/mol. The van der Waals surface area contributed by atoms with Crippen LogP contribution < -0.4 is 16.0 Å². The van der Waals surface area contributed by atoms with Gasteiger partial charge in [0, 0.05) is 44.3 Å². The zero-order valence-electron chi connectivity index (χ0n) is 12.1. The van der Waals surface area contributed by atoms with Gasteiger partial charge < -0.3 is 21.1 Å². The summed E-state index contributed by atoms with van der Waals surface area (Å²) >= 11 is 5.78. The molecule has 8 heteroatoms. The maximum atomic E-state index is 11.8. The Hall–Kier alpha value is -1.83. The maximum Gasteiger partial charge on any atom is 0.313 e. The van der Waals surface area contributed by atoms with Crippen molar-refractivity contribution in [2.24, 2.45) is 0 Å². The van der Waals surface area contributed by atoms with Crippen LogP contribution in [0.5, 0.6) is 5.75 Å². The van der Waals surface area contributed by atoms with E-state index in [4.69, 9.17) is 11.6 Å². The number of phenolic OH excluding ortho intramolecular Hbond substituents is 1. The van der Waals surface area contributed by atoms with E-state index < -0.39 is 11.8 Å². The molecule has 4 N–H and O–H groups in total. The second-order valence-electron chi connectivity index (χ2n) is 4.96. The number of nitrogens with one attached hydrogen (secondary N) is 3. The fourth-order valence-corrected chi connectivity index (χ4v) is 2.30. The number of rotatable bonds is 4. The molecule has 0 bridgehead atoms. The Labute approximate surface area is 133 Å². The number of carbonyl (C=O) groups is 2. The van der Waals surface area contributed by atoms with E-state index in [-0.39, 0.29) is 11.4 Å². The summed E-state index contributed by atoms with van der Waals surface area (Å²) in [5, 5.41) is 18.1. The summed E-state index contributed by atoms with van der Waals surface area (Å²) in [6.07, 6.45) is 0. The first-order valence-electron chi connectivity index (χ1n) is 7.07. The highest BCUT2D eigenvalue weighted by atomic mass is 35.5. The van der Waals surface area contributed by atoms with Crippen LogP contribution in [0, 0.1) is 0 Å². The highest BCUT2D eigenvalue weighted by Crippen LogP contribution is 2.26. The predicted octanol–water partition coefficient (Wildman–Crippen LogP) is 0.00550. The van der Waals surface area contributed by atoms with E-state index in [0.29, 0.717) is 18.1 Å². The molecule has 1 aromatic carbocycles. The van der Waals surface area contributed by atoms with Crippen molar-refractivity contribution in [3.8, 4) is 5.75 Å². The highest BCUT2D eigenvalue weighted by molar-refractivity contribution is 6.40. The van der Waals surface area contributed by atoms with Crippen LogP contribution in [-0.2, 0) is 9.59 Å². The number of anilines is 1. The third-order valence-corrected chi connectivity index (χ3v) is 3.57. The molecule has 0 radical (unpaired) electrons. The summed E-state index contributed by atoms with van der Waals surface area (Å²) in [5.74, 6) is -1.72. The lowest BCUT2D eigenvalue weighted by Gasteiger charge is -2.26. The number of benzene rings is 1. The van der Waals surface area contributed by atoms with Crippen molar-refractivity contribution in [2.45, 2.75) is 0 Å². The lowest BCUT2D eigenvalue weighted by Crippen LogP contribution is -2.47. The number of aromatic hydroxyl groups is 1. The highest BCUT2D eigenvalue weighted by Gasteiger charge is 2.16. The Morgan fingerprint density at radius 3 is 2.73 bits per heavy atom. The smallest absolute Gasteiger partial charge is 0.313 e. The van der Waals surface area contributed by atoms with Gasteiger partial charge >= 0.3 is 11.8 Å². The zero-order chi connectivity index (χ0) is 15.9. The van der Waals surface area contributed by atoms with E-state index in [9.17, 15) is 14.7 Å². The molecule has 1 aliphatic heterocycles. The summed E-state index contributed by atoms with van der Waals surface area (Å²) in [7, 11) is 0. The second-order valence-corrected chi connectivity index (χ2v) is 5.40. The molecule has 0 saturated carbocycles. The summed E-state index contributed by atoms with van der Waals surface area (Å²) in [4.78, 5) is 25.7. The molecular formula is C14H19ClN4O3. The Kier molecular flexibility index (Phi) is 6.00. The van der Waals surface area contributed by atoms with Gasteiger partial charge in [0.25, 0.3) is 0 Å². The average Bonchev–Trinajstić information content (AvgIpc) is 2.52. The van der Waals surface area contributed by atoms with Crippen LogP contribution in [0.4, 0.5) is 5.69 Å². The topological polar surface area (TPSA) is 93.7 Å². The van der Waals surface area contributed by atoms with Crippen LogP contribution in [0.25, 0.3) is 0 Å². The number of amides is 2. The van der Waals surface area contributed by atoms with Gasteiger partial charge in [-0.3, -0.25) is 14.5 Å². The van der Waals surface area contributed by atoms with Gasteiger partial charge in [0.05, 0.1) is 5.69 Å². The Morgan fingerprint density at radius 2 is 2.00 bits per heavy atom. The molecule has 1 aromatic rings. The summed E-state index contributed by atoms with van der Waals surface area (Å²) < 4.78 is 0. The van der Waals surface area contributed by atoms with E-state index in [1.807, 2.05) is 0 Å². The van der Waals surface area contributed by atoms with Gasteiger partial charge in [0.2, 0.25) is 0 Å². The number of halogens is 1. The third-order valence-electron chi connectivity index (χ3n) is 3.34. The average molecular weight is 327 g/mol. The normalized spacial score (nSPS) is 15.3. The van der Waals surface area contributed by atoms with Crippen LogP contribution in [-0.4, -0.2) is 61.1 Å². The Bertz CT molecular complexity index is 547. The van der Waals surface area contributed by atoms with Crippen molar-refractivity contribution in [3.05, 3.63) is 23.2 Å². The van der Waals surface area contributed by atoms with Crippen LogP contribution in [0.2, 0.25) is 5.02 Å². The van der Waals surface area contributed by atoms with E-state index in [1.165, 1.54) is 18.2 Å². The number of carbonyl (C=O) groups excluding carboxylic acids is 2. The summed E-state index contributed by atoms with van der Waals surface area (Å²) in [6, 6.07) is 4.21. The van der Waals surface area contributed by atoms with Crippen LogP contribution >= 0.6 is 11.6 Å². The van der Waals surface area contributed by atoms with Crippen molar-refractivity contribution in [2.75, 3.05) is 44.6 Å². The molecule has 2 rings (SSSR count). The van der Waals surface area contributed by atoms with Crippen molar-refractivity contribution in [1.82, 2.24) is 15.5 Å². The van der Waals surface area contributed by atoms with Gasteiger partial charge in [-0.2, -0.15) is 0 Å². The van der Waals surface area contributed by atoms with Gasteiger partial charge in [0.15, 0.2) is 0 Å². The number of phenols is 1. The molecule has 1 fully saturated rings. The molecular weight excluding hydrogens is 308 g/mol. The van der Waals surface area contributed by atoms with Gasteiger partial charge in [-0.25, -0.2) is 0 Å². The van der Waals surface area contributed by atoms with Crippen molar-refractivity contribution >= 4 is 29.1 Å². The minimum atomic E-state index is -0.835. The van der Waals surface area contributed by atoms with E-state index in [0.717, 1.165) is 26.2 Å². The molecule has 120 valence electrons. The predicted molar refractivity (Wildman–Crippen MR) is 84.1 cm³/mol. The Morgan fingerprint density at radius 1 is 1.27 bits per heavy atom. The molecule has 0 spiro atoms. The molecule has 1 saturated heterocycles. The second kappa shape index (κ2) is 7.98. The molecule has 1 heterocycles. The first-order chi connectivity index (χ1) is 10.6. The molecule has 0 aliphatic carbocycles. The van der Waals surface area contributed by atoms with Crippen LogP contribution in [0.3, 0.4) is 0 Å². The molecule has 7 nitrogen and oxygen atoms in total. The van der Waals surface area contributed by atoms with E-state index in [2.05, 4.69) is 20.9 Å². The molecule has 0 atom stereocenters. The first kappa shape index (κ1) is 16.5. The van der Waals surface area contributed by atoms with Crippen LogP contribution in [0.15, 0.2) is 18.2 Å². The minimum Gasteiger partial charge on any atom is -0.506 e. The standard InChI is InChI=1S/C14H19ClN4O3/c15-10-1-2-12(20)11(9-10)18-14(22)13(21)17-5-8-19-6-3-16-4-7-19/h1-2,9,16,20H,3-8H2,(H,17,21)(H,18,22). The van der Waals surface area contributed by atoms with Crippen molar-refractivity contribution in [1.29, 1.82) is 0 Å². The van der Waals surface area contributed by atoms with Crippen LogP contribution in [0.1, 0.15) is 0 Å². The summed E-state index contributed by atoms with van der Waals surface area (Å²) in [5.41, 5.74) is 0.106. The molecule has 0 aromatic heterocycles. The quantitative estimate of drug-likeness (QED) is 0.462. The number of piperazine rings is 1. The number of hydrogen-bond acceptors (Lipinski definition) is 5. The van der Waals surface area contributed by atoms with Crippen molar-refractivity contribution in [3.63, 3.8) is 0 Å². The minimum absolute atomic E-state index is 0.106. The maximum absolute atomic E-state index is 11.8. The number of hydrogen-bond donors (Lipinski definition) is 4. The fourth-order valence-electron chi connectivity index (χ4n) is 2.13. The van der Waals surface area contributed by atoms with Gasteiger partial charge in [-0.05, 0) is 18.2 Å². The first-order valence-corrected chi connectivity index (χ1v) is 7.45.